The highest BCUT2D eigenvalue weighted by Gasteiger charge is 2.28. The predicted molar refractivity (Wildman–Crippen MR) is 94.9 cm³/mol. The topological polar surface area (TPSA) is 72.9 Å². The molecule has 0 aliphatic rings. The Labute approximate surface area is 143 Å². The van der Waals surface area contributed by atoms with Crippen LogP contribution in [0.4, 0.5) is 0 Å². The van der Waals surface area contributed by atoms with Crippen molar-refractivity contribution in [1.29, 1.82) is 0 Å². The van der Waals surface area contributed by atoms with Crippen molar-refractivity contribution in [3.63, 3.8) is 0 Å². The average molecular weight is 337 g/mol. The van der Waals surface area contributed by atoms with E-state index in [9.17, 15) is 4.79 Å². The molecule has 1 aromatic carbocycles. The van der Waals surface area contributed by atoms with Crippen molar-refractivity contribution in [2.24, 2.45) is 5.73 Å². The number of nitrogens with two attached hydrogens (primary N) is 1. The number of nitrogens with one attached hydrogen (secondary N) is 1. The van der Waals surface area contributed by atoms with E-state index in [-0.39, 0.29) is 24.4 Å². The van der Waals surface area contributed by atoms with E-state index in [1.54, 1.807) is 17.8 Å². The fraction of sp³-hybridized carbons (Fsp3) is 0.412. The summed E-state index contributed by atoms with van der Waals surface area (Å²) >= 11 is 0. The molecule has 1 amide bonds. The first-order valence-electron chi connectivity index (χ1n) is 7.64. The van der Waals surface area contributed by atoms with Gasteiger partial charge in [-0.15, -0.1) is 12.4 Å². The van der Waals surface area contributed by atoms with Crippen LogP contribution in [-0.4, -0.2) is 21.2 Å². The van der Waals surface area contributed by atoms with Crippen molar-refractivity contribution < 1.29 is 4.79 Å². The fourth-order valence-electron chi connectivity index (χ4n) is 2.55. The normalized spacial score (nSPS) is 14.4. The van der Waals surface area contributed by atoms with Crippen molar-refractivity contribution in [2.75, 3.05) is 0 Å². The number of hydrogen-bond donors (Lipinski definition) is 2. The second-order valence-electron chi connectivity index (χ2n) is 5.87. The molecular weight excluding hydrogens is 312 g/mol. The molecule has 3 N–H and O–H groups in total. The third-order valence-corrected chi connectivity index (χ3v) is 3.79. The van der Waals surface area contributed by atoms with Gasteiger partial charge in [-0.05, 0) is 38.0 Å². The van der Waals surface area contributed by atoms with Crippen LogP contribution in [0.2, 0.25) is 0 Å². The summed E-state index contributed by atoms with van der Waals surface area (Å²) in [4.78, 5) is 12.4. The first kappa shape index (κ1) is 19.2. The number of rotatable bonds is 6. The summed E-state index contributed by atoms with van der Waals surface area (Å²) in [5.74, 6) is -0.128. The maximum Gasteiger partial charge on any atom is 0.240 e. The van der Waals surface area contributed by atoms with Gasteiger partial charge in [-0.2, -0.15) is 5.10 Å². The number of nitrogens with zero attached hydrogens (tertiary/aromatic N) is 2. The maximum absolute atomic E-state index is 12.4. The summed E-state index contributed by atoms with van der Waals surface area (Å²) < 4.78 is 1.80. The largest absolute Gasteiger partial charge is 0.348 e. The Morgan fingerprint density at radius 1 is 1.39 bits per heavy atom. The molecule has 0 radical (unpaired) electrons. The standard InChI is InChI=1S/C17H24N4O.ClH/c1-4-10-17(3,18)16(22)20-13(2)14-8-5-6-9-15(14)21-12-7-11-19-21;/h5-9,11-13H,4,10,18H2,1-3H3,(H,20,22);1H. The summed E-state index contributed by atoms with van der Waals surface area (Å²) in [5, 5.41) is 7.28. The minimum Gasteiger partial charge on any atom is -0.348 e. The molecule has 0 aliphatic carbocycles. The van der Waals surface area contributed by atoms with Gasteiger partial charge >= 0.3 is 0 Å². The molecule has 1 heterocycles. The Hall–Kier alpha value is -1.85. The molecule has 2 rings (SSSR count). The molecule has 0 saturated heterocycles. The molecule has 5 nitrogen and oxygen atoms in total. The van der Waals surface area contributed by atoms with Gasteiger partial charge in [0, 0.05) is 12.4 Å². The summed E-state index contributed by atoms with van der Waals surface area (Å²) in [6.07, 6.45) is 5.15. The Bertz CT molecular complexity index is 625. The minimum absolute atomic E-state index is 0. The molecule has 2 unspecified atom stereocenters. The molecule has 0 bridgehead atoms. The lowest BCUT2D eigenvalue weighted by molar-refractivity contribution is -0.126. The van der Waals surface area contributed by atoms with E-state index in [1.165, 1.54) is 0 Å². The lowest BCUT2D eigenvalue weighted by Crippen LogP contribution is -2.52. The van der Waals surface area contributed by atoms with Crippen LogP contribution in [0.15, 0.2) is 42.7 Å². The van der Waals surface area contributed by atoms with E-state index >= 15 is 0 Å². The molecule has 1 aromatic heterocycles. The molecule has 0 fully saturated rings. The third kappa shape index (κ3) is 4.56. The van der Waals surface area contributed by atoms with Crippen molar-refractivity contribution >= 4 is 18.3 Å². The van der Waals surface area contributed by atoms with Gasteiger partial charge < -0.3 is 11.1 Å². The van der Waals surface area contributed by atoms with E-state index < -0.39 is 5.54 Å². The van der Waals surface area contributed by atoms with Crippen molar-refractivity contribution in [2.45, 2.75) is 45.2 Å². The summed E-state index contributed by atoms with van der Waals surface area (Å²) in [6, 6.07) is 9.62. The number of para-hydroxylation sites is 1. The van der Waals surface area contributed by atoms with Crippen LogP contribution < -0.4 is 11.1 Å². The van der Waals surface area contributed by atoms with E-state index in [0.29, 0.717) is 6.42 Å². The zero-order chi connectivity index (χ0) is 16.2. The molecule has 23 heavy (non-hydrogen) atoms. The van der Waals surface area contributed by atoms with E-state index in [4.69, 9.17) is 5.73 Å². The lowest BCUT2D eigenvalue weighted by Gasteiger charge is -2.26. The molecule has 2 atom stereocenters. The first-order valence-corrected chi connectivity index (χ1v) is 7.64. The third-order valence-electron chi connectivity index (χ3n) is 3.79. The zero-order valence-electron chi connectivity index (χ0n) is 13.8. The van der Waals surface area contributed by atoms with Gasteiger partial charge in [-0.3, -0.25) is 4.79 Å². The maximum atomic E-state index is 12.4. The van der Waals surface area contributed by atoms with Crippen molar-refractivity contribution in [3.05, 3.63) is 48.3 Å². The SMILES string of the molecule is CCCC(C)(N)C(=O)NC(C)c1ccccc1-n1cccn1.Cl. The van der Waals surface area contributed by atoms with Crippen LogP contribution in [-0.2, 0) is 4.79 Å². The van der Waals surface area contributed by atoms with Gasteiger partial charge in [-0.1, -0.05) is 31.5 Å². The smallest absolute Gasteiger partial charge is 0.240 e. The van der Waals surface area contributed by atoms with Crippen molar-refractivity contribution in [1.82, 2.24) is 15.1 Å². The van der Waals surface area contributed by atoms with Crippen molar-refractivity contribution in [3.8, 4) is 5.69 Å². The molecule has 0 saturated carbocycles. The van der Waals surface area contributed by atoms with Crippen LogP contribution in [0.3, 0.4) is 0 Å². The molecular formula is C17H25ClN4O. The zero-order valence-corrected chi connectivity index (χ0v) is 14.6. The number of carbonyl (C=O) groups is 1. The van der Waals surface area contributed by atoms with Crippen LogP contribution in [0.1, 0.15) is 45.2 Å². The highest BCUT2D eigenvalue weighted by atomic mass is 35.5. The molecule has 6 heteroatoms. The number of halogens is 1. The quantitative estimate of drug-likeness (QED) is 0.851. The second kappa shape index (κ2) is 8.13. The van der Waals surface area contributed by atoms with E-state index in [2.05, 4.69) is 10.4 Å². The number of carbonyl (C=O) groups excluding carboxylic acids is 1. The van der Waals surface area contributed by atoms with Gasteiger partial charge in [0.1, 0.15) is 0 Å². The second-order valence-corrected chi connectivity index (χ2v) is 5.87. The number of amides is 1. The molecule has 2 aromatic rings. The molecule has 126 valence electrons. The van der Waals surface area contributed by atoms with Gasteiger partial charge in [0.05, 0.1) is 17.3 Å². The Morgan fingerprint density at radius 2 is 2.09 bits per heavy atom. The van der Waals surface area contributed by atoms with E-state index in [1.807, 2.05) is 50.4 Å². The van der Waals surface area contributed by atoms with Crippen LogP contribution >= 0.6 is 12.4 Å². The van der Waals surface area contributed by atoms with E-state index in [0.717, 1.165) is 17.7 Å². The number of benzene rings is 1. The fourth-order valence-corrected chi connectivity index (χ4v) is 2.55. The van der Waals surface area contributed by atoms with Gasteiger partial charge in [0.15, 0.2) is 0 Å². The summed E-state index contributed by atoms with van der Waals surface area (Å²) in [5.41, 5.74) is 7.22. The number of hydrogen-bond acceptors (Lipinski definition) is 3. The van der Waals surface area contributed by atoms with Crippen LogP contribution in [0.25, 0.3) is 5.69 Å². The average Bonchev–Trinajstić information content (AvgIpc) is 3.01. The monoisotopic (exact) mass is 336 g/mol. The number of aromatic nitrogens is 2. The van der Waals surface area contributed by atoms with Gasteiger partial charge in [0.25, 0.3) is 0 Å². The van der Waals surface area contributed by atoms with Crippen LogP contribution in [0, 0.1) is 0 Å². The Kier molecular flexibility index (Phi) is 6.79. The van der Waals surface area contributed by atoms with Gasteiger partial charge in [-0.25, -0.2) is 4.68 Å². The highest BCUT2D eigenvalue weighted by Crippen LogP contribution is 2.22. The lowest BCUT2D eigenvalue weighted by atomic mass is 9.95. The summed E-state index contributed by atoms with van der Waals surface area (Å²) in [7, 11) is 0. The predicted octanol–water partition coefficient (Wildman–Crippen LogP) is 2.99. The molecule has 0 aliphatic heterocycles. The molecule has 0 spiro atoms. The highest BCUT2D eigenvalue weighted by molar-refractivity contribution is 5.86. The Morgan fingerprint density at radius 3 is 2.70 bits per heavy atom. The Balaban J connectivity index is 0.00000264. The first-order chi connectivity index (χ1) is 10.5. The van der Waals surface area contributed by atoms with Crippen LogP contribution in [0.5, 0.6) is 0 Å². The van der Waals surface area contributed by atoms with Gasteiger partial charge in [0.2, 0.25) is 5.91 Å². The summed E-state index contributed by atoms with van der Waals surface area (Å²) in [6.45, 7) is 5.76. The minimum atomic E-state index is -0.844.